The van der Waals surface area contributed by atoms with Crippen LogP contribution >= 0.6 is 0 Å². The first-order valence-corrected chi connectivity index (χ1v) is 5.51. The van der Waals surface area contributed by atoms with Gasteiger partial charge in [0.2, 0.25) is 5.75 Å². The molecule has 4 heteroatoms. The molecule has 0 bridgehead atoms. The van der Waals surface area contributed by atoms with Crippen LogP contribution in [0.3, 0.4) is 0 Å². The molecule has 0 amide bonds. The van der Waals surface area contributed by atoms with Gasteiger partial charge in [-0.2, -0.15) is 0 Å². The summed E-state index contributed by atoms with van der Waals surface area (Å²) in [5, 5.41) is 0. The fourth-order valence-electron chi connectivity index (χ4n) is 1.61. The van der Waals surface area contributed by atoms with E-state index >= 15 is 0 Å². The first-order chi connectivity index (χ1) is 8.17. The predicted octanol–water partition coefficient (Wildman–Crippen LogP) is 2.70. The highest BCUT2D eigenvalue weighted by molar-refractivity contribution is 5.97. The zero-order valence-corrected chi connectivity index (χ0v) is 10.7. The van der Waals surface area contributed by atoms with Crippen LogP contribution in [0.25, 0.3) is 0 Å². The molecule has 17 heavy (non-hydrogen) atoms. The lowest BCUT2D eigenvalue weighted by molar-refractivity contribution is 0.0981. The number of hydrogen-bond donors (Lipinski definition) is 0. The average molecular weight is 238 g/mol. The monoisotopic (exact) mass is 238 g/mol. The molecule has 0 radical (unpaired) electrons. The van der Waals surface area contributed by atoms with E-state index in [2.05, 4.69) is 0 Å². The summed E-state index contributed by atoms with van der Waals surface area (Å²) in [6.07, 6.45) is 1.33. The molecule has 0 aliphatic rings. The topological polar surface area (TPSA) is 44.8 Å². The molecule has 0 heterocycles. The summed E-state index contributed by atoms with van der Waals surface area (Å²) in [5.74, 6) is 1.59. The van der Waals surface area contributed by atoms with E-state index in [0.29, 0.717) is 29.2 Å². The van der Waals surface area contributed by atoms with Crippen molar-refractivity contribution >= 4 is 5.78 Å². The molecule has 0 atom stereocenters. The molecule has 0 aliphatic heterocycles. The van der Waals surface area contributed by atoms with Crippen molar-refractivity contribution in [3.8, 4) is 17.2 Å². The van der Waals surface area contributed by atoms with Gasteiger partial charge in [-0.3, -0.25) is 4.79 Å². The van der Waals surface area contributed by atoms with Crippen LogP contribution in [0.4, 0.5) is 0 Å². The molecule has 1 rings (SSSR count). The minimum Gasteiger partial charge on any atom is -0.493 e. The van der Waals surface area contributed by atoms with E-state index in [9.17, 15) is 4.79 Å². The summed E-state index contributed by atoms with van der Waals surface area (Å²) in [5.41, 5.74) is 0.585. The quantitative estimate of drug-likeness (QED) is 0.715. The molecular formula is C13H18O4. The van der Waals surface area contributed by atoms with Gasteiger partial charge in [-0.1, -0.05) is 6.92 Å². The number of rotatable bonds is 6. The number of methoxy groups -OCH3 is 3. The van der Waals surface area contributed by atoms with Crippen molar-refractivity contribution < 1.29 is 19.0 Å². The normalized spacial score (nSPS) is 9.88. The molecule has 0 fully saturated rings. The van der Waals surface area contributed by atoms with E-state index in [1.807, 2.05) is 6.92 Å². The van der Waals surface area contributed by atoms with Crippen LogP contribution in [0.15, 0.2) is 12.1 Å². The number of benzene rings is 1. The van der Waals surface area contributed by atoms with Gasteiger partial charge in [0, 0.05) is 12.0 Å². The number of hydrogen-bond acceptors (Lipinski definition) is 4. The minimum absolute atomic E-state index is 0.0757. The molecule has 0 spiro atoms. The minimum atomic E-state index is 0.0757. The molecule has 0 N–H and O–H groups in total. The third-order valence-corrected chi connectivity index (χ3v) is 2.46. The zero-order valence-electron chi connectivity index (χ0n) is 10.7. The lowest BCUT2D eigenvalue weighted by atomic mass is 10.1. The second kappa shape index (κ2) is 6.13. The lowest BCUT2D eigenvalue weighted by Crippen LogP contribution is -2.02. The number of carbonyl (C=O) groups excluding carboxylic acids is 1. The van der Waals surface area contributed by atoms with Crippen molar-refractivity contribution in [2.45, 2.75) is 19.8 Å². The Bertz CT molecular complexity index is 373. The summed E-state index contributed by atoms with van der Waals surface area (Å²) in [7, 11) is 4.60. The molecule has 0 aliphatic carbocycles. The third kappa shape index (κ3) is 2.90. The number of Topliss-reactive ketones (excluding diaryl/α,β-unsaturated/α-hetero) is 1. The highest BCUT2D eigenvalue weighted by Crippen LogP contribution is 2.38. The van der Waals surface area contributed by atoms with Crippen LogP contribution in [0.1, 0.15) is 30.1 Å². The Morgan fingerprint density at radius 3 is 1.94 bits per heavy atom. The summed E-state index contributed by atoms with van der Waals surface area (Å²) >= 11 is 0. The Hall–Kier alpha value is -1.71. The first-order valence-electron chi connectivity index (χ1n) is 5.51. The van der Waals surface area contributed by atoms with E-state index < -0.39 is 0 Å². The van der Waals surface area contributed by atoms with Gasteiger partial charge >= 0.3 is 0 Å². The second-order valence-electron chi connectivity index (χ2n) is 3.59. The number of ketones is 1. The smallest absolute Gasteiger partial charge is 0.203 e. The molecular weight excluding hydrogens is 220 g/mol. The Balaban J connectivity index is 3.22. The standard InChI is InChI=1S/C13H18O4/c1-5-6-10(14)9-7-11(15-2)13(17-4)12(8-9)16-3/h7-8H,5-6H2,1-4H3. The van der Waals surface area contributed by atoms with Gasteiger partial charge in [0.25, 0.3) is 0 Å². The van der Waals surface area contributed by atoms with Crippen molar-refractivity contribution in [2.24, 2.45) is 0 Å². The predicted molar refractivity (Wildman–Crippen MR) is 65.3 cm³/mol. The van der Waals surface area contributed by atoms with Gasteiger partial charge < -0.3 is 14.2 Å². The summed E-state index contributed by atoms with van der Waals surface area (Å²) in [6, 6.07) is 3.36. The Labute approximate surface area is 101 Å². The SMILES string of the molecule is CCCC(=O)c1cc(OC)c(OC)c(OC)c1. The molecule has 0 saturated heterocycles. The largest absolute Gasteiger partial charge is 0.493 e. The van der Waals surface area contributed by atoms with Gasteiger partial charge in [-0.25, -0.2) is 0 Å². The van der Waals surface area contributed by atoms with E-state index in [4.69, 9.17) is 14.2 Å². The zero-order chi connectivity index (χ0) is 12.8. The number of carbonyl (C=O) groups is 1. The van der Waals surface area contributed by atoms with Gasteiger partial charge in [0.05, 0.1) is 21.3 Å². The summed E-state index contributed by atoms with van der Waals surface area (Å²) in [4.78, 5) is 11.8. The van der Waals surface area contributed by atoms with Crippen molar-refractivity contribution in [3.05, 3.63) is 17.7 Å². The average Bonchev–Trinajstić information content (AvgIpc) is 2.37. The van der Waals surface area contributed by atoms with Crippen LogP contribution in [0, 0.1) is 0 Å². The Morgan fingerprint density at radius 1 is 1.06 bits per heavy atom. The highest BCUT2D eigenvalue weighted by Gasteiger charge is 2.16. The van der Waals surface area contributed by atoms with E-state index in [-0.39, 0.29) is 5.78 Å². The molecule has 1 aromatic carbocycles. The van der Waals surface area contributed by atoms with Gasteiger partial charge in [0.15, 0.2) is 17.3 Å². The van der Waals surface area contributed by atoms with Crippen LogP contribution in [0.5, 0.6) is 17.2 Å². The Kier molecular flexibility index (Phi) is 4.82. The van der Waals surface area contributed by atoms with Crippen molar-refractivity contribution in [1.82, 2.24) is 0 Å². The highest BCUT2D eigenvalue weighted by atomic mass is 16.5. The van der Waals surface area contributed by atoms with E-state index in [1.165, 1.54) is 21.3 Å². The van der Waals surface area contributed by atoms with Gasteiger partial charge in [0.1, 0.15) is 0 Å². The lowest BCUT2D eigenvalue weighted by Gasteiger charge is -2.13. The van der Waals surface area contributed by atoms with Crippen molar-refractivity contribution in [1.29, 1.82) is 0 Å². The van der Waals surface area contributed by atoms with E-state index in [0.717, 1.165) is 6.42 Å². The second-order valence-corrected chi connectivity index (χ2v) is 3.59. The molecule has 0 unspecified atom stereocenters. The maximum absolute atomic E-state index is 11.8. The molecule has 4 nitrogen and oxygen atoms in total. The summed E-state index contributed by atoms with van der Waals surface area (Å²) in [6.45, 7) is 1.97. The molecule has 0 saturated carbocycles. The van der Waals surface area contributed by atoms with Crippen LogP contribution in [-0.4, -0.2) is 27.1 Å². The van der Waals surface area contributed by atoms with Gasteiger partial charge in [-0.15, -0.1) is 0 Å². The fourth-order valence-corrected chi connectivity index (χ4v) is 1.61. The maximum atomic E-state index is 11.8. The van der Waals surface area contributed by atoms with Crippen LogP contribution < -0.4 is 14.2 Å². The third-order valence-electron chi connectivity index (χ3n) is 2.46. The molecule has 94 valence electrons. The van der Waals surface area contributed by atoms with Crippen molar-refractivity contribution in [2.75, 3.05) is 21.3 Å². The first kappa shape index (κ1) is 13.4. The fraction of sp³-hybridized carbons (Fsp3) is 0.462. The van der Waals surface area contributed by atoms with Crippen LogP contribution in [-0.2, 0) is 0 Å². The maximum Gasteiger partial charge on any atom is 0.203 e. The van der Waals surface area contributed by atoms with E-state index in [1.54, 1.807) is 12.1 Å². The molecule has 1 aromatic rings. The summed E-state index contributed by atoms with van der Waals surface area (Å²) < 4.78 is 15.6. The van der Waals surface area contributed by atoms with Crippen molar-refractivity contribution in [3.63, 3.8) is 0 Å². The number of ether oxygens (including phenoxy) is 3. The van der Waals surface area contributed by atoms with Gasteiger partial charge in [-0.05, 0) is 18.6 Å². The molecule has 0 aromatic heterocycles. The van der Waals surface area contributed by atoms with Crippen LogP contribution in [0.2, 0.25) is 0 Å². The Morgan fingerprint density at radius 2 is 1.59 bits per heavy atom.